The summed E-state index contributed by atoms with van der Waals surface area (Å²) in [7, 11) is 0. The van der Waals surface area contributed by atoms with Crippen LogP contribution in [0.1, 0.15) is 13.3 Å². The van der Waals surface area contributed by atoms with E-state index in [4.69, 9.17) is 16.3 Å². The van der Waals surface area contributed by atoms with Gasteiger partial charge in [0.2, 0.25) is 6.61 Å². The normalized spacial score (nSPS) is 10.2. The van der Waals surface area contributed by atoms with Crippen molar-refractivity contribution in [3.8, 4) is 0 Å². The van der Waals surface area contributed by atoms with Crippen LogP contribution < -0.4 is 0 Å². The molecule has 4 nitrogen and oxygen atoms in total. The lowest BCUT2D eigenvalue weighted by atomic mass is 10.5. The fourth-order valence-electron chi connectivity index (χ4n) is 0.428. The van der Waals surface area contributed by atoms with Crippen LogP contribution >= 0.6 is 11.6 Å². The summed E-state index contributed by atoms with van der Waals surface area (Å²) in [4.78, 5) is 15.3. The minimum absolute atomic E-state index is 0.159. The number of ether oxygens (including phenoxy) is 1. The molecular weight excluding hydrogens is 182 g/mol. The maximum Gasteiger partial charge on any atom is 0.347 e. The summed E-state index contributed by atoms with van der Waals surface area (Å²) in [5.41, 5.74) is 0. The smallest absolute Gasteiger partial charge is 0.347 e. The first kappa shape index (κ1) is 11.2. The lowest BCUT2D eigenvalue weighted by molar-refractivity contribution is -0.148. The van der Waals surface area contributed by atoms with Crippen LogP contribution in [0.25, 0.3) is 0 Å². The predicted molar refractivity (Wildman–Crippen MR) is 46.4 cm³/mol. The standard InChI is InChI=1S/C7H12ClNO3/c1-2-5-11-7(10)6-12-9-4-3-8/h4H,2-3,5-6H2,1H3. The number of carbonyl (C=O) groups is 1. The van der Waals surface area contributed by atoms with Crippen molar-refractivity contribution in [3.63, 3.8) is 0 Å². The molecule has 0 aliphatic heterocycles. The third-order valence-electron chi connectivity index (χ3n) is 0.868. The van der Waals surface area contributed by atoms with E-state index in [1.54, 1.807) is 0 Å². The zero-order valence-corrected chi connectivity index (χ0v) is 7.71. The number of nitrogens with zero attached hydrogens (tertiary/aromatic N) is 1. The van der Waals surface area contributed by atoms with Gasteiger partial charge >= 0.3 is 5.97 Å². The molecule has 0 rings (SSSR count). The molecule has 0 aromatic rings. The molecule has 0 spiro atoms. The molecule has 5 heteroatoms. The van der Waals surface area contributed by atoms with Crippen molar-refractivity contribution in [3.05, 3.63) is 0 Å². The number of esters is 1. The van der Waals surface area contributed by atoms with Crippen LogP contribution in [0.4, 0.5) is 0 Å². The molecule has 0 aliphatic carbocycles. The molecule has 0 N–H and O–H groups in total. The van der Waals surface area contributed by atoms with Crippen LogP contribution in [0.3, 0.4) is 0 Å². The van der Waals surface area contributed by atoms with Gasteiger partial charge in [0, 0.05) is 0 Å². The molecule has 0 fully saturated rings. The SMILES string of the molecule is CCCOC(=O)CON=CCCl. The Morgan fingerprint density at radius 3 is 3.00 bits per heavy atom. The molecule has 0 bridgehead atoms. The Bertz CT molecular complexity index is 150. The van der Waals surface area contributed by atoms with Gasteiger partial charge in [0.1, 0.15) is 0 Å². The number of rotatable bonds is 6. The van der Waals surface area contributed by atoms with E-state index >= 15 is 0 Å². The number of hydrogen-bond acceptors (Lipinski definition) is 4. The first-order chi connectivity index (χ1) is 5.81. The summed E-state index contributed by atoms with van der Waals surface area (Å²) >= 11 is 5.25. The van der Waals surface area contributed by atoms with Crippen LogP contribution in [0.2, 0.25) is 0 Å². The highest BCUT2D eigenvalue weighted by Gasteiger charge is 2.00. The second-order valence-corrected chi connectivity index (χ2v) is 2.24. The topological polar surface area (TPSA) is 47.9 Å². The summed E-state index contributed by atoms with van der Waals surface area (Å²) in [5.74, 6) is -0.145. The Hall–Kier alpha value is -0.770. The number of oxime groups is 1. The molecule has 0 saturated carbocycles. The van der Waals surface area contributed by atoms with Gasteiger partial charge in [-0.05, 0) is 6.42 Å². The third kappa shape index (κ3) is 7.34. The van der Waals surface area contributed by atoms with Gasteiger partial charge in [-0.25, -0.2) is 4.79 Å². The van der Waals surface area contributed by atoms with Gasteiger partial charge in [0.05, 0.1) is 18.7 Å². The van der Waals surface area contributed by atoms with E-state index < -0.39 is 5.97 Å². The van der Waals surface area contributed by atoms with Crippen molar-refractivity contribution < 1.29 is 14.4 Å². The maximum atomic E-state index is 10.7. The van der Waals surface area contributed by atoms with E-state index in [2.05, 4.69) is 9.99 Å². The third-order valence-corrected chi connectivity index (χ3v) is 1.01. The molecular formula is C7H12ClNO3. The van der Waals surface area contributed by atoms with Gasteiger partial charge in [-0.3, -0.25) is 0 Å². The van der Waals surface area contributed by atoms with Crippen LogP contribution in [0.5, 0.6) is 0 Å². The van der Waals surface area contributed by atoms with Crippen molar-refractivity contribution in [1.82, 2.24) is 0 Å². The van der Waals surface area contributed by atoms with Crippen molar-refractivity contribution in [2.75, 3.05) is 19.1 Å². The van der Waals surface area contributed by atoms with Crippen molar-refractivity contribution in [2.24, 2.45) is 5.16 Å². The quantitative estimate of drug-likeness (QED) is 0.276. The average molecular weight is 194 g/mol. The molecule has 0 aromatic heterocycles. The second kappa shape index (κ2) is 8.33. The molecule has 0 amide bonds. The highest BCUT2D eigenvalue weighted by molar-refractivity contribution is 6.24. The average Bonchev–Trinajstić information content (AvgIpc) is 2.09. The van der Waals surface area contributed by atoms with Crippen LogP contribution in [-0.2, 0) is 14.4 Å². The Morgan fingerprint density at radius 1 is 1.67 bits per heavy atom. The minimum atomic E-state index is -0.413. The Kier molecular flexibility index (Phi) is 7.79. The lowest BCUT2D eigenvalue weighted by Gasteiger charge is -2.00. The highest BCUT2D eigenvalue weighted by atomic mass is 35.5. The van der Waals surface area contributed by atoms with E-state index in [-0.39, 0.29) is 12.5 Å². The molecule has 0 aliphatic rings. The van der Waals surface area contributed by atoms with E-state index in [1.807, 2.05) is 6.92 Å². The molecule has 0 aromatic carbocycles. The first-order valence-electron chi connectivity index (χ1n) is 3.66. The van der Waals surface area contributed by atoms with Crippen LogP contribution in [0, 0.1) is 0 Å². The van der Waals surface area contributed by atoms with Crippen molar-refractivity contribution in [2.45, 2.75) is 13.3 Å². The van der Waals surface area contributed by atoms with Crippen molar-refractivity contribution in [1.29, 1.82) is 0 Å². The van der Waals surface area contributed by atoms with E-state index in [0.29, 0.717) is 6.61 Å². The summed E-state index contributed by atoms with van der Waals surface area (Å²) in [5, 5.41) is 3.38. The summed E-state index contributed by atoms with van der Waals surface area (Å²) < 4.78 is 4.70. The van der Waals surface area contributed by atoms with E-state index in [1.165, 1.54) is 6.21 Å². The maximum absolute atomic E-state index is 10.7. The van der Waals surface area contributed by atoms with Gasteiger partial charge in [-0.2, -0.15) is 0 Å². The van der Waals surface area contributed by atoms with Gasteiger partial charge in [0.15, 0.2) is 0 Å². The molecule has 0 heterocycles. The monoisotopic (exact) mass is 193 g/mol. The number of halogens is 1. The van der Waals surface area contributed by atoms with Crippen LogP contribution in [-0.4, -0.2) is 31.3 Å². The fraction of sp³-hybridized carbons (Fsp3) is 0.714. The largest absolute Gasteiger partial charge is 0.463 e. The minimum Gasteiger partial charge on any atom is -0.463 e. The molecule has 0 saturated heterocycles. The molecule has 0 unspecified atom stereocenters. The second-order valence-electron chi connectivity index (χ2n) is 1.94. The summed E-state index contributed by atoms with van der Waals surface area (Å²) in [6.07, 6.45) is 2.16. The number of alkyl halides is 1. The van der Waals surface area contributed by atoms with Gasteiger partial charge < -0.3 is 9.57 Å². The number of carbonyl (C=O) groups excluding carboxylic acids is 1. The predicted octanol–water partition coefficient (Wildman–Crippen LogP) is 1.18. The Morgan fingerprint density at radius 2 is 2.42 bits per heavy atom. The molecule has 0 radical (unpaired) electrons. The molecule has 70 valence electrons. The van der Waals surface area contributed by atoms with Gasteiger partial charge in [0.25, 0.3) is 0 Å². The zero-order valence-electron chi connectivity index (χ0n) is 6.96. The summed E-state index contributed by atoms with van der Waals surface area (Å²) in [6.45, 7) is 2.18. The van der Waals surface area contributed by atoms with Gasteiger partial charge in [-0.15, -0.1) is 11.6 Å². The molecule has 0 atom stereocenters. The van der Waals surface area contributed by atoms with Gasteiger partial charge in [-0.1, -0.05) is 12.1 Å². The van der Waals surface area contributed by atoms with Crippen molar-refractivity contribution >= 4 is 23.8 Å². The highest BCUT2D eigenvalue weighted by Crippen LogP contribution is 1.84. The lowest BCUT2D eigenvalue weighted by Crippen LogP contribution is -2.11. The van der Waals surface area contributed by atoms with E-state index in [9.17, 15) is 4.79 Å². The molecule has 12 heavy (non-hydrogen) atoms. The summed E-state index contributed by atoms with van der Waals surface area (Å²) in [6, 6.07) is 0. The number of hydrogen-bond donors (Lipinski definition) is 0. The van der Waals surface area contributed by atoms with E-state index in [0.717, 1.165) is 6.42 Å². The Labute approximate surface area is 76.5 Å². The zero-order chi connectivity index (χ0) is 9.23. The Balaban J connectivity index is 3.25. The fourth-order valence-corrected chi connectivity index (χ4v) is 0.485. The first-order valence-corrected chi connectivity index (χ1v) is 4.20. The van der Waals surface area contributed by atoms with Crippen LogP contribution in [0.15, 0.2) is 5.16 Å².